The zero-order chi connectivity index (χ0) is 20.5. The summed E-state index contributed by atoms with van der Waals surface area (Å²) >= 11 is 0. The van der Waals surface area contributed by atoms with Gasteiger partial charge in [0.25, 0.3) is 0 Å². The van der Waals surface area contributed by atoms with Gasteiger partial charge in [0.15, 0.2) is 0 Å². The molecule has 0 unspecified atom stereocenters. The molecule has 1 N–H and O–H groups in total. The van der Waals surface area contributed by atoms with Crippen LogP contribution < -0.4 is 10.1 Å². The Hall–Kier alpha value is -3.08. The molecule has 3 aromatic rings. The summed E-state index contributed by atoms with van der Waals surface area (Å²) in [4.78, 5) is 16.3. The van der Waals surface area contributed by atoms with Crippen molar-refractivity contribution in [2.75, 3.05) is 13.7 Å². The van der Waals surface area contributed by atoms with Crippen LogP contribution in [0.15, 0.2) is 60.7 Å². The van der Waals surface area contributed by atoms with Gasteiger partial charge in [-0.2, -0.15) is 0 Å². The first-order valence-electron chi connectivity index (χ1n) is 10.2. The van der Waals surface area contributed by atoms with E-state index < -0.39 is 0 Å². The van der Waals surface area contributed by atoms with Gasteiger partial charge in [0.2, 0.25) is 5.91 Å². The summed E-state index contributed by atoms with van der Waals surface area (Å²) in [6, 6.07) is 16.5. The minimum atomic E-state index is -0.0196. The molecule has 1 heterocycles. The van der Waals surface area contributed by atoms with Crippen LogP contribution in [0, 0.1) is 0 Å². The number of hydrogen-bond acceptors (Lipinski definition) is 3. The molecule has 0 saturated heterocycles. The molecule has 29 heavy (non-hydrogen) atoms. The van der Waals surface area contributed by atoms with Crippen molar-refractivity contribution >= 4 is 16.9 Å². The van der Waals surface area contributed by atoms with Gasteiger partial charge in [0.1, 0.15) is 11.6 Å². The largest absolute Gasteiger partial charge is 0.497 e. The van der Waals surface area contributed by atoms with E-state index in [-0.39, 0.29) is 5.91 Å². The molecule has 0 aliphatic carbocycles. The lowest BCUT2D eigenvalue weighted by Gasteiger charge is -2.10. The highest BCUT2D eigenvalue weighted by Crippen LogP contribution is 2.20. The first-order chi connectivity index (χ1) is 14.2. The highest BCUT2D eigenvalue weighted by Gasteiger charge is 2.11. The fraction of sp³-hybridized carbons (Fsp3) is 0.333. The molecule has 5 nitrogen and oxygen atoms in total. The van der Waals surface area contributed by atoms with Crippen LogP contribution in [0.4, 0.5) is 0 Å². The summed E-state index contributed by atoms with van der Waals surface area (Å²) in [5, 5.41) is 2.90. The number of carbonyl (C=O) groups is 1. The van der Waals surface area contributed by atoms with Crippen LogP contribution in [0.1, 0.15) is 37.6 Å². The number of aromatic nitrogens is 2. The second-order valence-electron chi connectivity index (χ2n) is 7.05. The summed E-state index contributed by atoms with van der Waals surface area (Å²) in [7, 11) is 1.68. The maximum Gasteiger partial charge on any atom is 0.243 e. The van der Waals surface area contributed by atoms with Crippen molar-refractivity contribution in [2.24, 2.45) is 0 Å². The van der Waals surface area contributed by atoms with E-state index in [9.17, 15) is 4.79 Å². The number of methoxy groups -OCH3 is 1. The van der Waals surface area contributed by atoms with Crippen LogP contribution in [-0.2, 0) is 17.8 Å². The summed E-state index contributed by atoms with van der Waals surface area (Å²) < 4.78 is 7.57. The molecule has 3 rings (SSSR count). The number of allylic oxidation sites excluding steroid dienone is 1. The lowest BCUT2D eigenvalue weighted by molar-refractivity contribution is -0.116. The number of rotatable bonds is 10. The average Bonchev–Trinajstić information content (AvgIpc) is 3.09. The maximum atomic E-state index is 11.4. The molecule has 0 aliphatic rings. The minimum absolute atomic E-state index is 0.0196. The Bertz CT molecular complexity index is 958. The van der Waals surface area contributed by atoms with Crippen LogP contribution in [-0.4, -0.2) is 29.1 Å². The van der Waals surface area contributed by atoms with Gasteiger partial charge in [-0.3, -0.25) is 4.79 Å². The summed E-state index contributed by atoms with van der Waals surface area (Å²) in [6.45, 7) is 3.35. The number of nitrogens with zero attached hydrogens (tertiary/aromatic N) is 2. The summed E-state index contributed by atoms with van der Waals surface area (Å²) in [5.41, 5.74) is 3.42. The Kier molecular flexibility index (Phi) is 7.45. The van der Waals surface area contributed by atoms with Gasteiger partial charge in [-0.1, -0.05) is 36.8 Å². The third-order valence-corrected chi connectivity index (χ3v) is 4.93. The number of imidazole rings is 1. The van der Waals surface area contributed by atoms with Gasteiger partial charge < -0.3 is 14.6 Å². The van der Waals surface area contributed by atoms with E-state index in [0.717, 1.165) is 54.8 Å². The van der Waals surface area contributed by atoms with Gasteiger partial charge >= 0.3 is 0 Å². The third-order valence-electron chi connectivity index (χ3n) is 4.93. The average molecular weight is 392 g/mol. The lowest BCUT2D eigenvalue weighted by Crippen LogP contribution is -2.21. The number of hydrogen-bond donors (Lipinski definition) is 1. The van der Waals surface area contributed by atoms with Gasteiger partial charge in [-0.15, -0.1) is 0 Å². The van der Waals surface area contributed by atoms with Crippen molar-refractivity contribution in [3.05, 3.63) is 72.1 Å². The molecule has 0 fully saturated rings. The topological polar surface area (TPSA) is 56.2 Å². The van der Waals surface area contributed by atoms with E-state index in [4.69, 9.17) is 9.72 Å². The van der Waals surface area contributed by atoms with Crippen LogP contribution >= 0.6 is 0 Å². The van der Waals surface area contributed by atoms with Crippen LogP contribution in [0.3, 0.4) is 0 Å². The maximum absolute atomic E-state index is 11.4. The molecule has 0 radical (unpaired) electrons. The second kappa shape index (κ2) is 10.5. The van der Waals surface area contributed by atoms with Gasteiger partial charge in [0.05, 0.1) is 18.1 Å². The zero-order valence-electron chi connectivity index (χ0n) is 17.2. The Morgan fingerprint density at radius 3 is 2.66 bits per heavy atom. The number of benzene rings is 2. The summed E-state index contributed by atoms with van der Waals surface area (Å²) in [6.07, 6.45) is 7.31. The standard InChI is InChI=1S/C24H29N3O2/c1-3-9-24(28)25-17-8-4-5-12-23-26-21-10-6-7-11-22(21)27(23)18-19-13-15-20(29-2)16-14-19/h3,6-7,9-11,13-16H,4-5,8,12,17-18H2,1-2H3,(H,25,28)/b9-3+. The third kappa shape index (κ3) is 5.70. The fourth-order valence-corrected chi connectivity index (χ4v) is 3.41. The quantitative estimate of drug-likeness (QED) is 0.409. The van der Waals surface area contributed by atoms with Crippen LogP contribution in [0.2, 0.25) is 0 Å². The first-order valence-corrected chi connectivity index (χ1v) is 10.2. The van der Waals surface area contributed by atoms with Crippen molar-refractivity contribution in [3.63, 3.8) is 0 Å². The number of fused-ring (bicyclic) bond motifs is 1. The molecule has 2 aromatic carbocycles. The number of carbonyl (C=O) groups excluding carboxylic acids is 1. The SMILES string of the molecule is C/C=C/C(=O)NCCCCCc1nc2ccccc2n1Cc1ccc(OC)cc1. The highest BCUT2D eigenvalue weighted by atomic mass is 16.5. The van der Waals surface area contributed by atoms with Crippen molar-refractivity contribution in [3.8, 4) is 5.75 Å². The number of para-hydroxylation sites is 2. The van der Waals surface area contributed by atoms with Crippen LogP contribution in [0.5, 0.6) is 5.75 Å². The monoisotopic (exact) mass is 391 g/mol. The molecule has 1 aromatic heterocycles. The predicted octanol–water partition coefficient (Wildman–Crippen LogP) is 4.50. The predicted molar refractivity (Wildman–Crippen MR) is 117 cm³/mol. The Morgan fingerprint density at radius 2 is 1.90 bits per heavy atom. The van der Waals surface area contributed by atoms with Crippen molar-refractivity contribution in [1.29, 1.82) is 0 Å². The number of aryl methyl sites for hydroxylation is 1. The zero-order valence-corrected chi connectivity index (χ0v) is 17.2. The number of unbranched alkanes of at least 4 members (excludes halogenated alkanes) is 2. The molecule has 0 atom stereocenters. The molecule has 152 valence electrons. The smallest absolute Gasteiger partial charge is 0.243 e. The molecule has 5 heteroatoms. The number of amides is 1. The Labute approximate surface area is 172 Å². The van der Waals surface area contributed by atoms with Crippen LogP contribution in [0.25, 0.3) is 11.0 Å². The van der Waals surface area contributed by atoms with E-state index in [1.165, 1.54) is 5.56 Å². The molecule has 0 saturated carbocycles. The lowest BCUT2D eigenvalue weighted by atomic mass is 10.1. The van der Waals surface area contributed by atoms with E-state index in [1.807, 2.05) is 25.1 Å². The Morgan fingerprint density at radius 1 is 1.10 bits per heavy atom. The minimum Gasteiger partial charge on any atom is -0.497 e. The van der Waals surface area contributed by atoms with E-state index in [1.54, 1.807) is 19.3 Å². The van der Waals surface area contributed by atoms with E-state index in [2.05, 4.69) is 40.2 Å². The molecule has 0 aliphatic heterocycles. The van der Waals surface area contributed by atoms with Crippen molar-refractivity contribution in [2.45, 2.75) is 39.2 Å². The molecule has 0 bridgehead atoms. The van der Waals surface area contributed by atoms with Gasteiger partial charge in [0, 0.05) is 19.5 Å². The van der Waals surface area contributed by atoms with E-state index >= 15 is 0 Å². The fourth-order valence-electron chi connectivity index (χ4n) is 3.41. The highest BCUT2D eigenvalue weighted by molar-refractivity contribution is 5.87. The second-order valence-corrected chi connectivity index (χ2v) is 7.05. The summed E-state index contributed by atoms with van der Waals surface area (Å²) in [5.74, 6) is 1.96. The number of ether oxygens (including phenoxy) is 1. The molecular weight excluding hydrogens is 362 g/mol. The van der Waals surface area contributed by atoms with Gasteiger partial charge in [-0.05, 0) is 55.7 Å². The molecule has 0 spiro atoms. The van der Waals surface area contributed by atoms with Crippen molar-refractivity contribution < 1.29 is 9.53 Å². The normalized spacial score (nSPS) is 11.2. The van der Waals surface area contributed by atoms with E-state index in [0.29, 0.717) is 6.54 Å². The Balaban J connectivity index is 1.63. The number of nitrogens with one attached hydrogen (secondary N) is 1. The van der Waals surface area contributed by atoms with Gasteiger partial charge in [-0.25, -0.2) is 4.98 Å². The molecular formula is C24H29N3O2. The molecule has 1 amide bonds. The first kappa shape index (κ1) is 20.6. The van der Waals surface area contributed by atoms with Crippen molar-refractivity contribution in [1.82, 2.24) is 14.9 Å².